The SMILES string of the molecule is CC(Oc1ccccc1/C=C1\SC(=S)N(CCCCCCCCCC(=O)O)C1=O)C(=O)O. The van der Waals surface area contributed by atoms with Gasteiger partial charge in [-0.05, 0) is 31.9 Å². The van der Waals surface area contributed by atoms with Crippen LogP contribution in [0.4, 0.5) is 0 Å². The maximum absolute atomic E-state index is 12.8. The standard InChI is InChI=1S/C23H29NO6S2/c1-16(22(28)29)30-18-12-9-8-11-17(18)15-19-21(27)24(23(31)32-19)14-10-6-4-2-3-5-7-13-20(25)26/h8-9,11-12,15-16H,2-7,10,13-14H2,1H3,(H,25,26)(H,28,29)/b19-15-. The number of hydrogen-bond donors (Lipinski definition) is 2. The number of carbonyl (C=O) groups excluding carboxylic acids is 1. The van der Waals surface area contributed by atoms with Crippen LogP contribution in [-0.2, 0) is 14.4 Å². The van der Waals surface area contributed by atoms with E-state index < -0.39 is 18.0 Å². The maximum atomic E-state index is 12.8. The monoisotopic (exact) mass is 479 g/mol. The number of unbranched alkanes of at least 4 members (excludes halogenated alkanes) is 6. The first-order chi connectivity index (χ1) is 15.3. The van der Waals surface area contributed by atoms with Crippen LogP contribution in [0.1, 0.15) is 63.9 Å². The van der Waals surface area contributed by atoms with Crippen molar-refractivity contribution in [1.82, 2.24) is 4.90 Å². The van der Waals surface area contributed by atoms with Gasteiger partial charge in [0.1, 0.15) is 10.1 Å². The molecule has 1 aromatic rings. The Hall–Kier alpha value is -2.39. The number of rotatable bonds is 14. The zero-order valence-corrected chi connectivity index (χ0v) is 19.8. The van der Waals surface area contributed by atoms with E-state index in [1.165, 1.54) is 18.7 Å². The summed E-state index contributed by atoms with van der Waals surface area (Å²) in [5, 5.41) is 17.7. The largest absolute Gasteiger partial charge is 0.481 e. The number of para-hydroxylation sites is 1. The summed E-state index contributed by atoms with van der Waals surface area (Å²) >= 11 is 6.63. The number of ether oxygens (including phenoxy) is 1. The third-order valence-electron chi connectivity index (χ3n) is 5.00. The number of nitrogens with zero attached hydrogens (tertiary/aromatic N) is 1. The van der Waals surface area contributed by atoms with E-state index >= 15 is 0 Å². The van der Waals surface area contributed by atoms with Gasteiger partial charge in [-0.15, -0.1) is 0 Å². The second kappa shape index (κ2) is 13.2. The number of carboxylic acids is 2. The van der Waals surface area contributed by atoms with E-state index in [-0.39, 0.29) is 12.3 Å². The Balaban J connectivity index is 1.83. The Morgan fingerprint density at radius 3 is 2.38 bits per heavy atom. The highest BCUT2D eigenvalue weighted by molar-refractivity contribution is 8.26. The van der Waals surface area contributed by atoms with Gasteiger partial charge in [0.2, 0.25) is 0 Å². The summed E-state index contributed by atoms with van der Waals surface area (Å²) in [7, 11) is 0. The summed E-state index contributed by atoms with van der Waals surface area (Å²) in [6.07, 6.45) is 7.55. The molecule has 7 nitrogen and oxygen atoms in total. The maximum Gasteiger partial charge on any atom is 0.344 e. The number of amides is 1. The van der Waals surface area contributed by atoms with Gasteiger partial charge >= 0.3 is 11.9 Å². The summed E-state index contributed by atoms with van der Waals surface area (Å²) < 4.78 is 6.03. The number of thiocarbonyl (C=S) groups is 1. The first-order valence-corrected chi connectivity index (χ1v) is 12.0. The number of thioether (sulfide) groups is 1. The molecule has 2 N–H and O–H groups in total. The van der Waals surface area contributed by atoms with Gasteiger partial charge in [-0.3, -0.25) is 14.5 Å². The van der Waals surface area contributed by atoms with Crippen LogP contribution < -0.4 is 4.74 Å². The lowest BCUT2D eigenvalue weighted by Crippen LogP contribution is -2.29. The van der Waals surface area contributed by atoms with Crippen molar-refractivity contribution in [3.8, 4) is 5.75 Å². The molecule has 0 spiro atoms. The molecule has 1 amide bonds. The van der Waals surface area contributed by atoms with E-state index in [9.17, 15) is 14.4 Å². The highest BCUT2D eigenvalue weighted by Crippen LogP contribution is 2.34. The van der Waals surface area contributed by atoms with Crippen molar-refractivity contribution < 1.29 is 29.3 Å². The quantitative estimate of drug-likeness (QED) is 0.220. The van der Waals surface area contributed by atoms with Gasteiger partial charge in [0, 0.05) is 18.5 Å². The minimum Gasteiger partial charge on any atom is -0.481 e. The second-order valence-corrected chi connectivity index (χ2v) is 9.26. The molecule has 32 heavy (non-hydrogen) atoms. The van der Waals surface area contributed by atoms with Crippen molar-refractivity contribution in [1.29, 1.82) is 0 Å². The van der Waals surface area contributed by atoms with Gasteiger partial charge < -0.3 is 14.9 Å². The molecule has 0 aliphatic carbocycles. The van der Waals surface area contributed by atoms with Crippen molar-refractivity contribution in [3.05, 3.63) is 34.7 Å². The molecular formula is C23H29NO6S2. The van der Waals surface area contributed by atoms with Gasteiger partial charge in [-0.25, -0.2) is 4.79 Å². The summed E-state index contributed by atoms with van der Waals surface area (Å²) in [6, 6.07) is 6.99. The third-order valence-corrected chi connectivity index (χ3v) is 6.38. The van der Waals surface area contributed by atoms with E-state index in [0.717, 1.165) is 44.9 Å². The first-order valence-electron chi connectivity index (χ1n) is 10.7. The fourth-order valence-corrected chi connectivity index (χ4v) is 4.51. The molecule has 1 heterocycles. The topological polar surface area (TPSA) is 104 Å². The molecular weight excluding hydrogens is 450 g/mol. The van der Waals surface area contributed by atoms with E-state index in [1.807, 2.05) is 0 Å². The minimum atomic E-state index is -1.06. The smallest absolute Gasteiger partial charge is 0.344 e. The van der Waals surface area contributed by atoms with Crippen LogP contribution in [0.15, 0.2) is 29.2 Å². The van der Waals surface area contributed by atoms with Crippen LogP contribution in [0.5, 0.6) is 5.75 Å². The Labute approximate surface area is 197 Å². The van der Waals surface area contributed by atoms with E-state index in [4.69, 9.17) is 27.2 Å². The molecule has 2 rings (SSSR count). The van der Waals surface area contributed by atoms with Crippen molar-refractivity contribution >= 4 is 52.2 Å². The number of carbonyl (C=O) groups is 3. The van der Waals surface area contributed by atoms with Gasteiger partial charge in [0.15, 0.2) is 6.10 Å². The highest BCUT2D eigenvalue weighted by Gasteiger charge is 2.31. The van der Waals surface area contributed by atoms with Crippen molar-refractivity contribution in [2.24, 2.45) is 0 Å². The highest BCUT2D eigenvalue weighted by atomic mass is 32.2. The van der Waals surface area contributed by atoms with Gasteiger partial charge in [-0.2, -0.15) is 0 Å². The Morgan fingerprint density at radius 1 is 1.09 bits per heavy atom. The lowest BCUT2D eigenvalue weighted by molar-refractivity contribution is -0.144. The van der Waals surface area contributed by atoms with E-state index in [2.05, 4.69) is 0 Å². The molecule has 9 heteroatoms. The van der Waals surface area contributed by atoms with Crippen molar-refractivity contribution in [2.45, 2.75) is 64.4 Å². The van der Waals surface area contributed by atoms with Crippen LogP contribution in [0, 0.1) is 0 Å². The van der Waals surface area contributed by atoms with Gasteiger partial charge in [0.25, 0.3) is 5.91 Å². The number of carboxylic acid groups (broad SMARTS) is 2. The molecule has 1 aliphatic heterocycles. The molecule has 0 saturated carbocycles. The van der Waals surface area contributed by atoms with Crippen molar-refractivity contribution in [3.63, 3.8) is 0 Å². The Bertz CT molecular complexity index is 870. The lowest BCUT2D eigenvalue weighted by atomic mass is 10.1. The summed E-state index contributed by atoms with van der Waals surface area (Å²) in [5.41, 5.74) is 0.629. The number of aliphatic carboxylic acids is 2. The molecule has 1 atom stereocenters. The third kappa shape index (κ3) is 8.27. The van der Waals surface area contributed by atoms with Gasteiger partial charge in [-0.1, -0.05) is 74.3 Å². The zero-order chi connectivity index (χ0) is 23.5. The summed E-state index contributed by atoms with van der Waals surface area (Å²) in [4.78, 5) is 36.5. The molecule has 1 aromatic carbocycles. The van der Waals surface area contributed by atoms with Crippen LogP contribution in [0.25, 0.3) is 6.08 Å². The minimum absolute atomic E-state index is 0.144. The van der Waals surface area contributed by atoms with Crippen molar-refractivity contribution in [2.75, 3.05) is 6.54 Å². The molecule has 1 unspecified atom stereocenters. The van der Waals surface area contributed by atoms with Crippen LogP contribution in [0.3, 0.4) is 0 Å². The predicted molar refractivity (Wildman–Crippen MR) is 129 cm³/mol. The second-order valence-electron chi connectivity index (χ2n) is 7.59. The molecule has 0 aromatic heterocycles. The lowest BCUT2D eigenvalue weighted by Gasteiger charge is -2.14. The van der Waals surface area contributed by atoms with E-state index in [1.54, 1.807) is 35.2 Å². The fourth-order valence-electron chi connectivity index (χ4n) is 3.21. The first kappa shape index (κ1) is 25.9. The predicted octanol–water partition coefficient (Wildman–Crippen LogP) is 4.95. The Morgan fingerprint density at radius 2 is 1.72 bits per heavy atom. The molecule has 1 saturated heterocycles. The summed E-state index contributed by atoms with van der Waals surface area (Å²) in [5.74, 6) is -1.55. The average Bonchev–Trinajstić information content (AvgIpc) is 3.00. The normalized spacial score (nSPS) is 15.9. The Kier molecular flexibility index (Phi) is 10.7. The molecule has 1 fully saturated rings. The molecule has 0 bridgehead atoms. The zero-order valence-electron chi connectivity index (χ0n) is 18.1. The van der Waals surface area contributed by atoms with Crippen LogP contribution in [-0.4, -0.2) is 49.9 Å². The summed E-state index contributed by atoms with van der Waals surface area (Å²) in [6.45, 7) is 2.02. The van der Waals surface area contributed by atoms with Crippen LogP contribution in [0.2, 0.25) is 0 Å². The average molecular weight is 480 g/mol. The van der Waals surface area contributed by atoms with Gasteiger partial charge in [0.05, 0.1) is 4.91 Å². The number of hydrogen-bond acceptors (Lipinski definition) is 6. The molecule has 174 valence electrons. The van der Waals surface area contributed by atoms with Crippen LogP contribution >= 0.6 is 24.0 Å². The molecule has 0 radical (unpaired) electrons. The number of benzene rings is 1. The fraction of sp³-hybridized carbons (Fsp3) is 0.478. The van der Waals surface area contributed by atoms with E-state index in [0.29, 0.717) is 27.1 Å². The molecule has 1 aliphatic rings.